The molecule has 0 bridgehead atoms. The van der Waals surface area contributed by atoms with Gasteiger partial charge in [-0.3, -0.25) is 0 Å². The van der Waals surface area contributed by atoms with Gasteiger partial charge in [-0.05, 0) is 62.4 Å². The van der Waals surface area contributed by atoms with Crippen molar-refractivity contribution < 1.29 is 17.9 Å². The molecule has 0 saturated heterocycles. The van der Waals surface area contributed by atoms with E-state index >= 15 is 0 Å². The lowest BCUT2D eigenvalue weighted by molar-refractivity contribution is -0.274. The van der Waals surface area contributed by atoms with Crippen molar-refractivity contribution in [2.45, 2.75) is 44.6 Å². The Kier molecular flexibility index (Phi) is 7.77. The van der Waals surface area contributed by atoms with E-state index in [1.54, 1.807) is 12.1 Å². The average Bonchev–Trinajstić information content (AvgIpc) is 2.80. The summed E-state index contributed by atoms with van der Waals surface area (Å²) in [6, 6.07) is 12.9. The third-order valence-electron chi connectivity index (χ3n) is 6.02. The lowest BCUT2D eigenvalue weighted by atomic mass is 9.86. The molecule has 182 valence electrons. The molecular weight excluding hydrogens is 511 g/mol. The molecule has 34 heavy (non-hydrogen) atoms. The molecule has 1 fully saturated rings. The summed E-state index contributed by atoms with van der Waals surface area (Å²) in [6.07, 6.45) is -0.716. The summed E-state index contributed by atoms with van der Waals surface area (Å²) in [4.78, 5) is 9.26. The lowest BCUT2D eigenvalue weighted by Crippen LogP contribution is -2.31. The number of nitrogens with one attached hydrogen (secondary N) is 3. The van der Waals surface area contributed by atoms with Gasteiger partial charge < -0.3 is 20.7 Å². The molecule has 0 radical (unpaired) electrons. The number of halogens is 4. The van der Waals surface area contributed by atoms with E-state index in [1.165, 1.54) is 6.07 Å². The lowest BCUT2D eigenvalue weighted by Gasteiger charge is -2.29. The summed E-state index contributed by atoms with van der Waals surface area (Å²) >= 11 is 3.20. The van der Waals surface area contributed by atoms with Gasteiger partial charge >= 0.3 is 6.36 Å². The number of anilines is 2. The number of ether oxygens (including phenoxy) is 1. The van der Waals surface area contributed by atoms with Crippen LogP contribution in [0.3, 0.4) is 0 Å². The first kappa shape index (κ1) is 24.5. The Balaban J connectivity index is 1.27. The first-order valence-corrected chi connectivity index (χ1v) is 12.1. The molecule has 4 rings (SSSR count). The van der Waals surface area contributed by atoms with Crippen molar-refractivity contribution >= 4 is 38.6 Å². The molecule has 0 unspecified atom stereocenters. The van der Waals surface area contributed by atoms with Gasteiger partial charge in [0.05, 0.1) is 5.52 Å². The van der Waals surface area contributed by atoms with E-state index in [0.29, 0.717) is 34.5 Å². The maximum absolute atomic E-state index is 12.7. The van der Waals surface area contributed by atoms with Crippen molar-refractivity contribution in [2.24, 2.45) is 5.92 Å². The van der Waals surface area contributed by atoms with Gasteiger partial charge in [0.25, 0.3) is 0 Å². The van der Waals surface area contributed by atoms with Crippen LogP contribution in [0.15, 0.2) is 46.9 Å². The highest BCUT2D eigenvalue weighted by molar-refractivity contribution is 9.10. The van der Waals surface area contributed by atoms with Crippen molar-refractivity contribution in [3.8, 4) is 5.75 Å². The Morgan fingerprint density at radius 3 is 2.56 bits per heavy atom. The minimum atomic E-state index is -4.72. The molecule has 2 aromatic carbocycles. The number of fused-ring (bicyclic) bond motifs is 1. The molecule has 1 saturated carbocycles. The van der Waals surface area contributed by atoms with E-state index in [9.17, 15) is 13.2 Å². The highest BCUT2D eigenvalue weighted by Crippen LogP contribution is 2.30. The number of alkyl halides is 3. The average molecular weight is 538 g/mol. The smallest absolute Gasteiger partial charge is 0.405 e. The number of para-hydroxylation sites is 1. The van der Waals surface area contributed by atoms with E-state index in [0.717, 1.165) is 48.9 Å². The van der Waals surface area contributed by atoms with E-state index in [1.807, 2.05) is 31.3 Å². The molecule has 0 aliphatic heterocycles. The topological polar surface area (TPSA) is 71.1 Å². The summed E-state index contributed by atoms with van der Waals surface area (Å²) in [6.45, 7) is 1.05. The fraction of sp³-hybridized carbons (Fsp3) is 0.417. The quantitative estimate of drug-likeness (QED) is 0.323. The van der Waals surface area contributed by atoms with Crippen LogP contribution in [0.4, 0.5) is 24.9 Å². The maximum Gasteiger partial charge on any atom is 0.573 e. The van der Waals surface area contributed by atoms with Crippen LogP contribution >= 0.6 is 15.9 Å². The minimum absolute atomic E-state index is 0.182. The van der Waals surface area contributed by atoms with Crippen LogP contribution in [0.1, 0.15) is 31.2 Å². The second-order valence-corrected chi connectivity index (χ2v) is 9.37. The van der Waals surface area contributed by atoms with Crippen molar-refractivity contribution in [1.29, 1.82) is 0 Å². The third-order valence-corrected chi connectivity index (χ3v) is 6.52. The number of hydrogen-bond acceptors (Lipinski definition) is 6. The standard InChI is InChI=1S/C24H27BrF3N5O/c1-29-22-19-4-2-3-5-20(19)32-23(33-22)31-18-10-6-15(7-11-18)13-30-14-16-8-9-17(25)12-21(16)34-24(26,27)28/h2-5,8-9,12,15,18,30H,6-7,10-11,13-14H2,1H3,(H2,29,31,32,33). The van der Waals surface area contributed by atoms with Crippen LogP contribution in [-0.2, 0) is 6.54 Å². The monoisotopic (exact) mass is 537 g/mol. The van der Waals surface area contributed by atoms with Crippen LogP contribution < -0.4 is 20.7 Å². The molecule has 1 aromatic heterocycles. The Hall–Kier alpha value is -2.59. The Labute approximate surface area is 204 Å². The molecule has 0 amide bonds. The van der Waals surface area contributed by atoms with Crippen LogP contribution in [0.25, 0.3) is 10.9 Å². The van der Waals surface area contributed by atoms with Gasteiger partial charge in [0.15, 0.2) is 0 Å². The number of benzene rings is 2. The number of nitrogens with zero attached hydrogens (tertiary/aromatic N) is 2. The predicted molar refractivity (Wildman–Crippen MR) is 131 cm³/mol. The molecular formula is C24H27BrF3N5O. The summed E-state index contributed by atoms with van der Waals surface area (Å²) < 4.78 is 42.8. The van der Waals surface area contributed by atoms with Gasteiger partial charge in [0, 0.05) is 35.1 Å². The first-order valence-electron chi connectivity index (χ1n) is 11.3. The zero-order valence-electron chi connectivity index (χ0n) is 18.8. The molecule has 1 aliphatic rings. The zero-order valence-corrected chi connectivity index (χ0v) is 20.3. The second kappa shape index (κ2) is 10.8. The summed E-state index contributed by atoms with van der Waals surface area (Å²) in [7, 11) is 1.85. The highest BCUT2D eigenvalue weighted by Gasteiger charge is 2.32. The Morgan fingerprint density at radius 1 is 1.06 bits per heavy atom. The van der Waals surface area contributed by atoms with Gasteiger partial charge in [-0.1, -0.05) is 34.1 Å². The fourth-order valence-corrected chi connectivity index (χ4v) is 4.67. The van der Waals surface area contributed by atoms with E-state index in [4.69, 9.17) is 0 Å². The van der Waals surface area contributed by atoms with Gasteiger partial charge in [-0.2, -0.15) is 4.98 Å². The van der Waals surface area contributed by atoms with Crippen LogP contribution in [0.5, 0.6) is 5.75 Å². The van der Waals surface area contributed by atoms with Crippen molar-refractivity contribution in [1.82, 2.24) is 15.3 Å². The van der Waals surface area contributed by atoms with E-state index in [-0.39, 0.29) is 5.75 Å². The van der Waals surface area contributed by atoms with Crippen molar-refractivity contribution in [3.05, 3.63) is 52.5 Å². The fourth-order valence-electron chi connectivity index (χ4n) is 4.33. The normalized spacial score (nSPS) is 18.6. The van der Waals surface area contributed by atoms with Gasteiger partial charge in [-0.15, -0.1) is 13.2 Å². The molecule has 1 aliphatic carbocycles. The summed E-state index contributed by atoms with van der Waals surface area (Å²) in [5.74, 6) is 1.70. The number of hydrogen-bond donors (Lipinski definition) is 3. The Bertz CT molecular complexity index is 1120. The molecule has 3 N–H and O–H groups in total. The number of rotatable bonds is 8. The van der Waals surface area contributed by atoms with Crippen LogP contribution in [-0.4, -0.2) is 36.0 Å². The van der Waals surface area contributed by atoms with Gasteiger partial charge in [-0.25, -0.2) is 4.98 Å². The molecule has 1 heterocycles. The summed E-state index contributed by atoms with van der Waals surface area (Å²) in [5.41, 5.74) is 1.37. The highest BCUT2D eigenvalue weighted by atomic mass is 79.9. The number of aromatic nitrogens is 2. The molecule has 10 heteroatoms. The molecule has 3 aromatic rings. The van der Waals surface area contributed by atoms with Gasteiger partial charge in [0.2, 0.25) is 5.95 Å². The maximum atomic E-state index is 12.7. The zero-order chi connectivity index (χ0) is 24.1. The largest absolute Gasteiger partial charge is 0.573 e. The molecule has 6 nitrogen and oxygen atoms in total. The van der Waals surface area contributed by atoms with Crippen LogP contribution in [0, 0.1) is 5.92 Å². The van der Waals surface area contributed by atoms with Crippen molar-refractivity contribution in [2.75, 3.05) is 24.2 Å². The van der Waals surface area contributed by atoms with Crippen molar-refractivity contribution in [3.63, 3.8) is 0 Å². The molecule has 0 atom stereocenters. The summed E-state index contributed by atoms with van der Waals surface area (Å²) in [5, 5.41) is 10.9. The first-order chi connectivity index (χ1) is 16.3. The van der Waals surface area contributed by atoms with E-state index in [2.05, 4.69) is 46.6 Å². The third kappa shape index (κ3) is 6.50. The molecule has 0 spiro atoms. The second-order valence-electron chi connectivity index (χ2n) is 8.46. The van der Waals surface area contributed by atoms with E-state index < -0.39 is 6.36 Å². The van der Waals surface area contributed by atoms with Gasteiger partial charge in [0.1, 0.15) is 11.6 Å². The SMILES string of the molecule is CNc1nc(NC2CCC(CNCc3ccc(Br)cc3OC(F)(F)F)CC2)nc2ccccc12. The minimum Gasteiger partial charge on any atom is -0.405 e. The Morgan fingerprint density at radius 2 is 1.82 bits per heavy atom. The van der Waals surface area contributed by atoms with Crippen LogP contribution in [0.2, 0.25) is 0 Å². The predicted octanol–water partition coefficient (Wildman–Crippen LogP) is 6.09.